The number of esters is 1. The number of carbonyl (C=O) groups excluding carboxylic acids is 1. The van der Waals surface area contributed by atoms with Gasteiger partial charge in [-0.2, -0.15) is 0 Å². The molecular weight excluding hydrogens is 374 g/mol. The van der Waals surface area contributed by atoms with E-state index in [1.807, 2.05) is 12.1 Å². The Balaban J connectivity index is 1.90. The van der Waals surface area contributed by atoms with Gasteiger partial charge in [-0.25, -0.2) is 9.79 Å². The van der Waals surface area contributed by atoms with E-state index < -0.39 is 5.97 Å². The van der Waals surface area contributed by atoms with Crippen molar-refractivity contribution in [2.75, 3.05) is 27.9 Å². The Kier molecular flexibility index (Phi) is 6.19. The molecule has 0 aliphatic carbocycles. The maximum Gasteiger partial charge on any atom is 0.363 e. The summed E-state index contributed by atoms with van der Waals surface area (Å²) in [7, 11) is 4.54. The van der Waals surface area contributed by atoms with Crippen molar-refractivity contribution in [1.82, 2.24) is 0 Å². The minimum Gasteiger partial charge on any atom is -0.493 e. The van der Waals surface area contributed by atoms with Gasteiger partial charge in [-0.05, 0) is 35.9 Å². The van der Waals surface area contributed by atoms with Gasteiger partial charge in [0.25, 0.3) is 0 Å². The Hall–Kier alpha value is -3.74. The van der Waals surface area contributed by atoms with Gasteiger partial charge in [0.15, 0.2) is 17.2 Å². The van der Waals surface area contributed by atoms with E-state index in [0.29, 0.717) is 35.2 Å². The number of aliphatic imine (C=N–C) groups is 1. The van der Waals surface area contributed by atoms with Gasteiger partial charge >= 0.3 is 5.97 Å². The van der Waals surface area contributed by atoms with Gasteiger partial charge in [0.2, 0.25) is 11.6 Å². The molecule has 2 aromatic rings. The van der Waals surface area contributed by atoms with Crippen LogP contribution < -0.4 is 18.9 Å². The van der Waals surface area contributed by atoms with Crippen molar-refractivity contribution >= 4 is 17.9 Å². The second-order valence-electron chi connectivity index (χ2n) is 5.92. The van der Waals surface area contributed by atoms with Crippen molar-refractivity contribution < 1.29 is 28.5 Å². The highest BCUT2D eigenvalue weighted by atomic mass is 16.6. The van der Waals surface area contributed by atoms with E-state index in [4.69, 9.17) is 23.7 Å². The molecule has 7 heteroatoms. The zero-order valence-electron chi connectivity index (χ0n) is 16.4. The van der Waals surface area contributed by atoms with Crippen LogP contribution in [0.4, 0.5) is 0 Å². The lowest BCUT2D eigenvalue weighted by atomic mass is 10.1. The number of hydrogen-bond donors (Lipinski definition) is 0. The van der Waals surface area contributed by atoms with E-state index in [0.717, 1.165) is 5.56 Å². The molecule has 1 heterocycles. The molecule has 7 nitrogen and oxygen atoms in total. The molecule has 0 N–H and O–H groups in total. The van der Waals surface area contributed by atoms with Crippen LogP contribution in [0.2, 0.25) is 0 Å². The fourth-order valence-corrected chi connectivity index (χ4v) is 2.71. The number of methoxy groups -OCH3 is 3. The van der Waals surface area contributed by atoms with Gasteiger partial charge in [-0.3, -0.25) is 0 Å². The Morgan fingerprint density at radius 1 is 1.03 bits per heavy atom. The lowest BCUT2D eigenvalue weighted by Crippen LogP contribution is -2.06. The van der Waals surface area contributed by atoms with Gasteiger partial charge in [0.1, 0.15) is 12.4 Å². The molecule has 1 aliphatic rings. The summed E-state index contributed by atoms with van der Waals surface area (Å²) in [6.07, 6.45) is 3.31. The molecule has 0 amide bonds. The summed E-state index contributed by atoms with van der Waals surface area (Å²) < 4.78 is 26.8. The van der Waals surface area contributed by atoms with Crippen molar-refractivity contribution in [2.45, 2.75) is 0 Å². The highest BCUT2D eigenvalue weighted by Crippen LogP contribution is 2.39. The SMILES string of the molecule is C=CCOc1ccc(/C=C2\N=C(c3cc(OC)c(OC)c(OC)c3)OC2=O)cc1. The third kappa shape index (κ3) is 4.40. The third-order valence-corrected chi connectivity index (χ3v) is 4.08. The summed E-state index contributed by atoms with van der Waals surface area (Å²) in [4.78, 5) is 16.6. The molecule has 0 spiro atoms. The average molecular weight is 395 g/mol. The Bertz CT molecular complexity index is 950. The number of benzene rings is 2. The molecule has 0 atom stereocenters. The van der Waals surface area contributed by atoms with E-state index in [1.165, 1.54) is 21.3 Å². The first-order chi connectivity index (χ1) is 14.1. The summed E-state index contributed by atoms with van der Waals surface area (Å²) in [5.41, 5.74) is 1.51. The molecule has 0 saturated carbocycles. The lowest BCUT2D eigenvalue weighted by Gasteiger charge is -2.13. The number of nitrogens with zero attached hydrogens (tertiary/aromatic N) is 1. The van der Waals surface area contributed by atoms with E-state index in [1.54, 1.807) is 36.4 Å². The van der Waals surface area contributed by atoms with Crippen molar-refractivity contribution in [2.24, 2.45) is 4.99 Å². The van der Waals surface area contributed by atoms with E-state index >= 15 is 0 Å². The molecule has 1 aliphatic heterocycles. The third-order valence-electron chi connectivity index (χ3n) is 4.08. The molecule has 150 valence electrons. The summed E-state index contributed by atoms with van der Waals surface area (Å²) in [5.74, 6) is 1.65. The largest absolute Gasteiger partial charge is 0.493 e. The summed E-state index contributed by atoms with van der Waals surface area (Å²) >= 11 is 0. The van der Waals surface area contributed by atoms with Crippen LogP contribution in [0.5, 0.6) is 23.0 Å². The lowest BCUT2D eigenvalue weighted by molar-refractivity contribution is -0.129. The minimum atomic E-state index is -0.541. The van der Waals surface area contributed by atoms with Crippen molar-refractivity contribution in [3.05, 3.63) is 65.9 Å². The van der Waals surface area contributed by atoms with Gasteiger partial charge in [0.05, 0.1) is 21.3 Å². The molecule has 0 fully saturated rings. The average Bonchev–Trinajstić information content (AvgIpc) is 3.12. The Morgan fingerprint density at radius 2 is 1.69 bits per heavy atom. The first-order valence-electron chi connectivity index (χ1n) is 8.76. The molecule has 29 heavy (non-hydrogen) atoms. The molecule has 0 unspecified atom stereocenters. The smallest absolute Gasteiger partial charge is 0.363 e. The van der Waals surface area contributed by atoms with Crippen LogP contribution in [-0.2, 0) is 9.53 Å². The predicted octanol–water partition coefficient (Wildman–Crippen LogP) is 3.62. The summed E-state index contributed by atoms with van der Waals surface area (Å²) in [6.45, 7) is 4.04. The van der Waals surface area contributed by atoms with E-state index in [2.05, 4.69) is 11.6 Å². The summed E-state index contributed by atoms with van der Waals surface area (Å²) in [6, 6.07) is 10.6. The number of cyclic esters (lactones) is 1. The van der Waals surface area contributed by atoms with E-state index in [9.17, 15) is 4.79 Å². The van der Waals surface area contributed by atoms with Crippen LogP contribution in [-0.4, -0.2) is 39.8 Å². The molecule has 0 bridgehead atoms. The number of hydrogen-bond acceptors (Lipinski definition) is 7. The Labute approximate surface area is 168 Å². The van der Waals surface area contributed by atoms with Crippen LogP contribution in [0.3, 0.4) is 0 Å². The standard InChI is InChI=1S/C22H21NO6/c1-5-10-28-16-8-6-14(7-9-16)11-17-22(24)29-21(23-17)15-12-18(25-2)20(27-4)19(13-15)26-3/h5-9,11-13H,1,10H2,2-4H3/b17-11-. The fraction of sp³-hybridized carbons (Fsp3) is 0.182. The van der Waals surface area contributed by atoms with Crippen LogP contribution in [0.1, 0.15) is 11.1 Å². The molecule has 3 rings (SSSR count). The molecule has 0 aromatic heterocycles. The topological polar surface area (TPSA) is 75.6 Å². The maximum absolute atomic E-state index is 12.3. The maximum atomic E-state index is 12.3. The van der Waals surface area contributed by atoms with Crippen LogP contribution >= 0.6 is 0 Å². The van der Waals surface area contributed by atoms with Crippen LogP contribution in [0.25, 0.3) is 6.08 Å². The molecule has 0 radical (unpaired) electrons. The van der Waals surface area contributed by atoms with Gasteiger partial charge in [-0.1, -0.05) is 24.8 Å². The monoisotopic (exact) mass is 395 g/mol. The Morgan fingerprint density at radius 3 is 2.24 bits per heavy atom. The first kappa shape index (κ1) is 20.0. The van der Waals surface area contributed by atoms with Crippen LogP contribution in [0, 0.1) is 0 Å². The van der Waals surface area contributed by atoms with Crippen molar-refractivity contribution in [3.63, 3.8) is 0 Å². The number of rotatable bonds is 8. The predicted molar refractivity (Wildman–Crippen MR) is 109 cm³/mol. The highest BCUT2D eigenvalue weighted by Gasteiger charge is 2.26. The van der Waals surface area contributed by atoms with Crippen molar-refractivity contribution in [3.8, 4) is 23.0 Å². The van der Waals surface area contributed by atoms with Gasteiger partial charge in [0, 0.05) is 5.56 Å². The zero-order valence-corrected chi connectivity index (χ0v) is 16.4. The van der Waals surface area contributed by atoms with Crippen LogP contribution in [0.15, 0.2) is 59.7 Å². The summed E-state index contributed by atoms with van der Waals surface area (Å²) in [5, 5.41) is 0. The van der Waals surface area contributed by atoms with Gasteiger partial charge < -0.3 is 23.7 Å². The second kappa shape index (κ2) is 8.97. The normalized spacial score (nSPS) is 14.2. The number of carbonyl (C=O) groups is 1. The minimum absolute atomic E-state index is 0.159. The van der Waals surface area contributed by atoms with Gasteiger partial charge in [-0.15, -0.1) is 0 Å². The van der Waals surface area contributed by atoms with Crippen molar-refractivity contribution in [1.29, 1.82) is 0 Å². The highest BCUT2D eigenvalue weighted by molar-refractivity contribution is 6.13. The quantitative estimate of drug-likeness (QED) is 0.386. The van der Waals surface area contributed by atoms with E-state index in [-0.39, 0.29) is 11.6 Å². The second-order valence-corrected chi connectivity index (χ2v) is 5.92. The molecular formula is C22H21NO6. The fourth-order valence-electron chi connectivity index (χ4n) is 2.71. The number of ether oxygens (including phenoxy) is 5. The molecule has 0 saturated heterocycles. The molecule has 2 aromatic carbocycles. The zero-order chi connectivity index (χ0) is 20.8. The first-order valence-corrected chi connectivity index (χ1v) is 8.76.